The average molecular weight is 276 g/mol. The third kappa shape index (κ3) is 5.31. The minimum atomic E-state index is 0.139. The molecular formula is C16H24N2O2. The molecule has 110 valence electrons. The van der Waals surface area contributed by atoms with E-state index in [0.29, 0.717) is 6.61 Å². The Balaban J connectivity index is 1.44. The molecule has 1 heterocycles. The molecule has 1 aromatic carbocycles. The predicted octanol–water partition coefficient (Wildman–Crippen LogP) is 1.81. The highest BCUT2D eigenvalue weighted by Crippen LogP contribution is 2.07. The Hall–Kier alpha value is -1.39. The van der Waals surface area contributed by atoms with Gasteiger partial charge in [0.2, 0.25) is 5.91 Å². The molecule has 0 saturated carbocycles. The second kappa shape index (κ2) is 8.72. The lowest BCUT2D eigenvalue weighted by molar-refractivity contribution is -0.135. The van der Waals surface area contributed by atoms with E-state index in [4.69, 9.17) is 4.74 Å². The molecule has 0 radical (unpaired) electrons. The van der Waals surface area contributed by atoms with Gasteiger partial charge in [-0.3, -0.25) is 4.79 Å². The monoisotopic (exact) mass is 276 g/mol. The van der Waals surface area contributed by atoms with E-state index in [1.807, 2.05) is 23.1 Å². The van der Waals surface area contributed by atoms with Gasteiger partial charge in [-0.1, -0.05) is 30.3 Å². The molecular weight excluding hydrogens is 252 g/mol. The standard InChI is InChI=1S/C16H24N2O2/c19-16(18-10-4-5-11-18)14-20-12-6-9-17-13-15-7-2-1-3-8-15/h1-3,7-8,17H,4-6,9-14H2. The number of likely N-dealkylation sites (tertiary alicyclic amines) is 1. The van der Waals surface area contributed by atoms with Crippen LogP contribution < -0.4 is 5.32 Å². The largest absolute Gasteiger partial charge is 0.372 e. The van der Waals surface area contributed by atoms with Crippen molar-refractivity contribution < 1.29 is 9.53 Å². The van der Waals surface area contributed by atoms with Gasteiger partial charge in [-0.2, -0.15) is 0 Å². The summed E-state index contributed by atoms with van der Waals surface area (Å²) < 4.78 is 5.43. The Morgan fingerprint density at radius 1 is 1.20 bits per heavy atom. The fourth-order valence-electron chi connectivity index (χ4n) is 2.35. The lowest BCUT2D eigenvalue weighted by Gasteiger charge is -2.15. The van der Waals surface area contributed by atoms with E-state index >= 15 is 0 Å². The van der Waals surface area contributed by atoms with Gasteiger partial charge >= 0.3 is 0 Å². The summed E-state index contributed by atoms with van der Waals surface area (Å²) in [5.74, 6) is 0.139. The van der Waals surface area contributed by atoms with Crippen LogP contribution in [0.5, 0.6) is 0 Å². The summed E-state index contributed by atoms with van der Waals surface area (Å²) in [5, 5.41) is 3.37. The van der Waals surface area contributed by atoms with Crippen molar-refractivity contribution >= 4 is 5.91 Å². The predicted molar refractivity (Wildman–Crippen MR) is 79.4 cm³/mol. The smallest absolute Gasteiger partial charge is 0.248 e. The molecule has 1 aromatic rings. The van der Waals surface area contributed by atoms with Crippen LogP contribution in [0.1, 0.15) is 24.8 Å². The van der Waals surface area contributed by atoms with Gasteiger partial charge in [-0.05, 0) is 31.4 Å². The summed E-state index contributed by atoms with van der Waals surface area (Å²) in [7, 11) is 0. The molecule has 1 aliphatic heterocycles. The number of hydrogen-bond acceptors (Lipinski definition) is 3. The lowest BCUT2D eigenvalue weighted by Crippen LogP contribution is -2.31. The van der Waals surface area contributed by atoms with Gasteiger partial charge in [-0.25, -0.2) is 0 Å². The molecule has 1 saturated heterocycles. The van der Waals surface area contributed by atoms with Crippen molar-refractivity contribution in [3.63, 3.8) is 0 Å². The van der Waals surface area contributed by atoms with E-state index in [-0.39, 0.29) is 12.5 Å². The normalized spacial score (nSPS) is 14.7. The molecule has 4 heteroatoms. The van der Waals surface area contributed by atoms with Crippen LogP contribution in [0.15, 0.2) is 30.3 Å². The maximum Gasteiger partial charge on any atom is 0.248 e. The highest BCUT2D eigenvalue weighted by atomic mass is 16.5. The van der Waals surface area contributed by atoms with Crippen LogP contribution in [0, 0.1) is 0 Å². The molecule has 1 amide bonds. The van der Waals surface area contributed by atoms with Gasteiger partial charge in [0.15, 0.2) is 0 Å². The number of carbonyl (C=O) groups is 1. The molecule has 0 bridgehead atoms. The van der Waals surface area contributed by atoms with Crippen molar-refractivity contribution in [2.75, 3.05) is 32.8 Å². The molecule has 20 heavy (non-hydrogen) atoms. The third-order valence-corrected chi connectivity index (χ3v) is 3.50. The van der Waals surface area contributed by atoms with Crippen molar-refractivity contribution in [2.45, 2.75) is 25.8 Å². The number of nitrogens with zero attached hydrogens (tertiary/aromatic N) is 1. The van der Waals surface area contributed by atoms with E-state index in [1.54, 1.807) is 0 Å². The summed E-state index contributed by atoms with van der Waals surface area (Å²) in [6.07, 6.45) is 3.20. The molecule has 1 N–H and O–H groups in total. The second-order valence-corrected chi connectivity index (χ2v) is 5.16. The molecule has 0 unspecified atom stereocenters. The number of rotatable bonds is 8. The second-order valence-electron chi connectivity index (χ2n) is 5.16. The van der Waals surface area contributed by atoms with E-state index in [9.17, 15) is 4.79 Å². The Kier molecular flexibility index (Phi) is 6.54. The average Bonchev–Trinajstić information content (AvgIpc) is 3.01. The number of benzene rings is 1. The number of hydrogen-bond donors (Lipinski definition) is 1. The molecule has 0 atom stereocenters. The van der Waals surface area contributed by atoms with Gasteiger partial charge in [0.05, 0.1) is 0 Å². The summed E-state index contributed by atoms with van der Waals surface area (Å²) in [6, 6.07) is 10.3. The summed E-state index contributed by atoms with van der Waals surface area (Å²) >= 11 is 0. The molecule has 0 spiro atoms. The third-order valence-electron chi connectivity index (χ3n) is 3.50. The minimum absolute atomic E-state index is 0.139. The number of carbonyl (C=O) groups excluding carboxylic acids is 1. The summed E-state index contributed by atoms with van der Waals surface area (Å²) in [6.45, 7) is 4.47. The fraction of sp³-hybridized carbons (Fsp3) is 0.562. The van der Waals surface area contributed by atoms with Crippen LogP contribution >= 0.6 is 0 Å². The highest BCUT2D eigenvalue weighted by Gasteiger charge is 2.17. The number of ether oxygens (including phenoxy) is 1. The zero-order chi connectivity index (χ0) is 14.0. The van der Waals surface area contributed by atoms with Crippen LogP contribution in [0.3, 0.4) is 0 Å². The van der Waals surface area contributed by atoms with Gasteiger partial charge in [0.1, 0.15) is 6.61 Å². The first kappa shape index (κ1) is 15.0. The van der Waals surface area contributed by atoms with Crippen LogP contribution in [-0.4, -0.2) is 43.7 Å². The molecule has 0 aliphatic carbocycles. The topological polar surface area (TPSA) is 41.6 Å². The van der Waals surface area contributed by atoms with Crippen molar-refractivity contribution in [3.05, 3.63) is 35.9 Å². The van der Waals surface area contributed by atoms with Crippen molar-refractivity contribution in [3.8, 4) is 0 Å². The quantitative estimate of drug-likeness (QED) is 0.736. The number of nitrogens with one attached hydrogen (secondary N) is 1. The van der Waals surface area contributed by atoms with Crippen LogP contribution in [0.4, 0.5) is 0 Å². The fourth-order valence-corrected chi connectivity index (χ4v) is 2.35. The van der Waals surface area contributed by atoms with Gasteiger partial charge in [0, 0.05) is 26.2 Å². The molecule has 0 aromatic heterocycles. The zero-order valence-corrected chi connectivity index (χ0v) is 12.0. The summed E-state index contributed by atoms with van der Waals surface area (Å²) in [5.41, 5.74) is 1.29. The van der Waals surface area contributed by atoms with Crippen molar-refractivity contribution in [2.24, 2.45) is 0 Å². The van der Waals surface area contributed by atoms with E-state index in [1.165, 1.54) is 5.56 Å². The first-order chi connectivity index (χ1) is 9.86. The molecule has 4 nitrogen and oxygen atoms in total. The Morgan fingerprint density at radius 3 is 2.70 bits per heavy atom. The molecule has 1 fully saturated rings. The van der Waals surface area contributed by atoms with Gasteiger partial charge in [0.25, 0.3) is 0 Å². The van der Waals surface area contributed by atoms with E-state index in [0.717, 1.165) is 45.4 Å². The van der Waals surface area contributed by atoms with Crippen LogP contribution in [0.25, 0.3) is 0 Å². The highest BCUT2D eigenvalue weighted by molar-refractivity contribution is 5.77. The van der Waals surface area contributed by atoms with Gasteiger partial charge < -0.3 is 15.0 Å². The molecule has 1 aliphatic rings. The maximum atomic E-state index is 11.7. The minimum Gasteiger partial charge on any atom is -0.372 e. The Morgan fingerprint density at radius 2 is 1.95 bits per heavy atom. The Bertz CT molecular complexity index is 389. The number of amides is 1. The first-order valence-corrected chi connectivity index (χ1v) is 7.46. The SMILES string of the molecule is O=C(COCCCNCc1ccccc1)N1CCCC1. The zero-order valence-electron chi connectivity index (χ0n) is 12.0. The van der Waals surface area contributed by atoms with Crippen molar-refractivity contribution in [1.82, 2.24) is 10.2 Å². The summed E-state index contributed by atoms with van der Waals surface area (Å²) in [4.78, 5) is 13.6. The van der Waals surface area contributed by atoms with Crippen LogP contribution in [0.2, 0.25) is 0 Å². The van der Waals surface area contributed by atoms with Crippen LogP contribution in [-0.2, 0) is 16.1 Å². The maximum absolute atomic E-state index is 11.7. The molecule has 2 rings (SSSR count). The first-order valence-electron chi connectivity index (χ1n) is 7.46. The Labute approximate surface area is 121 Å². The van der Waals surface area contributed by atoms with Gasteiger partial charge in [-0.15, -0.1) is 0 Å². The van der Waals surface area contributed by atoms with Crippen molar-refractivity contribution in [1.29, 1.82) is 0 Å². The van der Waals surface area contributed by atoms with E-state index < -0.39 is 0 Å². The van der Waals surface area contributed by atoms with E-state index in [2.05, 4.69) is 17.4 Å². The lowest BCUT2D eigenvalue weighted by atomic mass is 10.2.